The number of allylic oxidation sites excluding steroid dienone is 3. The average Bonchev–Trinajstić information content (AvgIpc) is 3.61. The van der Waals surface area contributed by atoms with Crippen LogP contribution in [0.15, 0.2) is 88.7 Å². The standard InChI is InChI=1S/C40H40N6O5/c1-3-12-29(16-11-22-50-27-42-51-37-25-35-33(24-36(37)49-2)39(47)45-21-10-15-31(45)26-41-35)46-38(28-13-6-4-7-14-28)43-34-18-17-30(23-32(34)40(46)48)44-19-8-5-9-20-44/h1,4,6-7,11-14,16-18,23-26,31,42H,5,8-10,15,19-22,27H2,2H3/b16-11-,29-12+. The maximum absolute atomic E-state index is 14.3. The van der Waals surface area contributed by atoms with Crippen LogP contribution >= 0.6 is 0 Å². The summed E-state index contributed by atoms with van der Waals surface area (Å²) in [4.78, 5) is 46.9. The van der Waals surface area contributed by atoms with Crippen molar-refractivity contribution >= 4 is 40.1 Å². The number of amides is 1. The molecule has 3 aliphatic rings. The van der Waals surface area contributed by atoms with Crippen LogP contribution < -0.4 is 25.5 Å². The molecule has 7 rings (SSSR count). The molecule has 0 aliphatic carbocycles. The van der Waals surface area contributed by atoms with Crippen LogP contribution in [0, 0.1) is 12.3 Å². The number of carbonyl (C=O) groups excluding carboxylic acids is 1. The molecule has 3 aliphatic heterocycles. The normalized spacial score (nSPS) is 17.4. The lowest BCUT2D eigenvalue weighted by Crippen LogP contribution is -2.35. The number of carbonyl (C=O) groups is 1. The van der Waals surface area contributed by atoms with Crippen LogP contribution in [-0.2, 0) is 4.74 Å². The van der Waals surface area contributed by atoms with E-state index in [1.165, 1.54) is 13.5 Å². The third-order valence-corrected chi connectivity index (χ3v) is 9.40. The molecule has 11 heteroatoms. The average molecular weight is 685 g/mol. The van der Waals surface area contributed by atoms with Crippen molar-refractivity contribution in [3.05, 3.63) is 94.8 Å². The third kappa shape index (κ3) is 7.15. The van der Waals surface area contributed by atoms with Gasteiger partial charge in [0.25, 0.3) is 11.5 Å². The van der Waals surface area contributed by atoms with Crippen molar-refractivity contribution in [3.8, 4) is 35.2 Å². The van der Waals surface area contributed by atoms with Crippen molar-refractivity contribution in [1.29, 1.82) is 0 Å². The molecule has 1 aromatic heterocycles. The Hall–Kier alpha value is -5.70. The molecule has 0 radical (unpaired) electrons. The van der Waals surface area contributed by atoms with E-state index in [-0.39, 0.29) is 30.8 Å². The molecule has 2 saturated heterocycles. The number of hydrogen-bond acceptors (Lipinski definition) is 9. The van der Waals surface area contributed by atoms with Crippen LogP contribution in [-0.4, -0.2) is 72.7 Å². The summed E-state index contributed by atoms with van der Waals surface area (Å²) in [6.07, 6.45) is 18.0. The fourth-order valence-corrected chi connectivity index (χ4v) is 6.85. The van der Waals surface area contributed by atoms with Crippen LogP contribution in [0.4, 0.5) is 11.4 Å². The Kier molecular flexibility index (Phi) is 10.2. The molecule has 1 N–H and O–H groups in total. The molecule has 0 saturated carbocycles. The van der Waals surface area contributed by atoms with E-state index in [2.05, 4.69) is 21.3 Å². The SMILES string of the molecule is C#C/C=C(\C=C/COCNOc1cc2c(cc1OC)C(=O)N1CCCC1C=N2)n1c(-c2ccccc2)nc2ccc(N3CCCCC3)cc2c1=O. The molecule has 4 heterocycles. The van der Waals surface area contributed by atoms with Crippen molar-refractivity contribution < 1.29 is 19.1 Å². The summed E-state index contributed by atoms with van der Waals surface area (Å²) in [6.45, 7) is 2.87. The Bertz CT molecular complexity index is 2110. The summed E-state index contributed by atoms with van der Waals surface area (Å²) < 4.78 is 12.8. The molecule has 260 valence electrons. The highest BCUT2D eigenvalue weighted by atomic mass is 16.7. The van der Waals surface area contributed by atoms with Gasteiger partial charge in [0.15, 0.2) is 11.5 Å². The van der Waals surface area contributed by atoms with E-state index in [4.69, 9.17) is 25.7 Å². The molecule has 1 atom stereocenters. The maximum Gasteiger partial charge on any atom is 0.266 e. The zero-order valence-electron chi connectivity index (χ0n) is 28.6. The van der Waals surface area contributed by atoms with Gasteiger partial charge in [-0.05, 0) is 62.4 Å². The number of nitrogens with one attached hydrogen (secondary N) is 1. The number of aromatic nitrogens is 2. The molecule has 11 nitrogen and oxygen atoms in total. The number of terminal acetylenes is 1. The number of nitrogens with zero attached hydrogens (tertiary/aromatic N) is 5. The van der Waals surface area contributed by atoms with Gasteiger partial charge >= 0.3 is 0 Å². The second kappa shape index (κ2) is 15.5. The third-order valence-electron chi connectivity index (χ3n) is 9.40. The number of methoxy groups -OCH3 is 1. The Morgan fingerprint density at radius 2 is 1.86 bits per heavy atom. The lowest BCUT2D eigenvalue weighted by atomic mass is 10.1. The van der Waals surface area contributed by atoms with Crippen molar-refractivity contribution in [2.24, 2.45) is 4.99 Å². The highest BCUT2D eigenvalue weighted by molar-refractivity contribution is 6.03. The van der Waals surface area contributed by atoms with Crippen LogP contribution in [0.25, 0.3) is 28.0 Å². The summed E-state index contributed by atoms with van der Waals surface area (Å²) in [5, 5.41) is 0.523. The minimum absolute atomic E-state index is 0.00851. The number of benzene rings is 3. The highest BCUT2D eigenvalue weighted by Crippen LogP contribution is 2.37. The minimum Gasteiger partial charge on any atom is -0.493 e. The number of ether oxygens (including phenoxy) is 2. The van der Waals surface area contributed by atoms with E-state index in [0.29, 0.717) is 51.7 Å². The summed E-state index contributed by atoms with van der Waals surface area (Å²) in [5.41, 5.74) is 6.50. The zero-order valence-corrected chi connectivity index (χ0v) is 28.6. The fourth-order valence-electron chi connectivity index (χ4n) is 6.85. The van der Waals surface area contributed by atoms with Gasteiger partial charge in [0, 0.05) is 49.2 Å². The first-order valence-electron chi connectivity index (χ1n) is 17.3. The summed E-state index contributed by atoms with van der Waals surface area (Å²) in [5.74, 6) is 3.79. The lowest BCUT2D eigenvalue weighted by molar-refractivity contribution is 0.0498. The monoisotopic (exact) mass is 684 g/mol. The zero-order chi connectivity index (χ0) is 35.2. The smallest absolute Gasteiger partial charge is 0.266 e. The number of hydrogen-bond donors (Lipinski definition) is 1. The molecular formula is C40H40N6O5. The van der Waals surface area contributed by atoms with Gasteiger partial charge in [0.05, 0.1) is 47.6 Å². The molecule has 3 aromatic carbocycles. The second-order valence-electron chi connectivity index (χ2n) is 12.6. The topological polar surface area (TPSA) is 111 Å². The van der Waals surface area contributed by atoms with Gasteiger partial charge in [-0.15, -0.1) is 11.9 Å². The Morgan fingerprint density at radius 1 is 1.02 bits per heavy atom. The first kappa shape index (κ1) is 33.8. The summed E-state index contributed by atoms with van der Waals surface area (Å²) in [6, 6.07) is 18.9. The van der Waals surface area contributed by atoms with E-state index in [9.17, 15) is 9.59 Å². The number of hydroxylamine groups is 1. The number of fused-ring (bicyclic) bond motifs is 3. The number of piperidine rings is 1. The van der Waals surface area contributed by atoms with Crippen LogP contribution in [0.3, 0.4) is 0 Å². The molecule has 1 amide bonds. The van der Waals surface area contributed by atoms with E-state index >= 15 is 0 Å². The van der Waals surface area contributed by atoms with Crippen molar-refractivity contribution in [1.82, 2.24) is 19.9 Å². The molecule has 0 bridgehead atoms. The fraction of sp³-hybridized carbons (Fsp3) is 0.300. The molecule has 4 aromatic rings. The predicted molar refractivity (Wildman–Crippen MR) is 200 cm³/mol. The first-order chi connectivity index (χ1) is 25.1. The largest absolute Gasteiger partial charge is 0.493 e. The minimum atomic E-state index is -0.207. The quantitative estimate of drug-likeness (QED) is 0.0677. The van der Waals surface area contributed by atoms with Gasteiger partial charge < -0.3 is 24.1 Å². The predicted octanol–water partition coefficient (Wildman–Crippen LogP) is 5.97. The molecule has 51 heavy (non-hydrogen) atoms. The van der Waals surface area contributed by atoms with Gasteiger partial charge in [0.2, 0.25) is 0 Å². The Balaban J connectivity index is 1.06. The molecule has 2 fully saturated rings. The van der Waals surface area contributed by atoms with Gasteiger partial charge in [-0.3, -0.25) is 19.1 Å². The highest BCUT2D eigenvalue weighted by Gasteiger charge is 2.32. The molecule has 1 unspecified atom stereocenters. The molecular weight excluding hydrogens is 644 g/mol. The van der Waals surface area contributed by atoms with Gasteiger partial charge in [-0.1, -0.05) is 42.3 Å². The van der Waals surface area contributed by atoms with Gasteiger partial charge in [-0.2, -0.15) is 0 Å². The van der Waals surface area contributed by atoms with E-state index in [1.807, 2.05) is 59.6 Å². The summed E-state index contributed by atoms with van der Waals surface area (Å²) >= 11 is 0. The number of rotatable bonds is 11. The summed E-state index contributed by atoms with van der Waals surface area (Å²) in [7, 11) is 1.52. The lowest BCUT2D eigenvalue weighted by Gasteiger charge is -2.29. The van der Waals surface area contributed by atoms with Gasteiger partial charge in [0.1, 0.15) is 12.6 Å². The van der Waals surface area contributed by atoms with Crippen LogP contribution in [0.5, 0.6) is 11.5 Å². The Morgan fingerprint density at radius 3 is 2.67 bits per heavy atom. The first-order valence-corrected chi connectivity index (χ1v) is 17.3. The van der Waals surface area contributed by atoms with Crippen molar-refractivity contribution in [2.45, 2.75) is 38.1 Å². The molecule has 0 spiro atoms. The maximum atomic E-state index is 14.3. The van der Waals surface area contributed by atoms with E-state index in [1.54, 1.807) is 34.9 Å². The van der Waals surface area contributed by atoms with E-state index < -0.39 is 0 Å². The van der Waals surface area contributed by atoms with Gasteiger partial charge in [-0.25, -0.2) is 4.98 Å². The number of anilines is 1. The number of aliphatic imine (C=N–C) groups is 1. The van der Waals surface area contributed by atoms with Crippen molar-refractivity contribution in [3.63, 3.8) is 0 Å². The Labute approximate surface area is 296 Å². The van der Waals surface area contributed by atoms with Crippen molar-refractivity contribution in [2.75, 3.05) is 45.0 Å². The van der Waals surface area contributed by atoms with Crippen LogP contribution in [0.2, 0.25) is 0 Å². The van der Waals surface area contributed by atoms with E-state index in [0.717, 1.165) is 50.0 Å². The second-order valence-corrected chi connectivity index (χ2v) is 12.6. The van der Waals surface area contributed by atoms with Crippen LogP contribution in [0.1, 0.15) is 42.5 Å².